The van der Waals surface area contributed by atoms with Gasteiger partial charge in [-0.1, -0.05) is 491 Å². The Morgan fingerprint density at radius 3 is 0.761 bits per heavy atom. The summed E-state index contributed by atoms with van der Waals surface area (Å²) in [5, 5.41) is 14.8. The van der Waals surface area contributed by atoms with Gasteiger partial charge in [-0.25, -0.2) is 39.9 Å². The Hall–Kier alpha value is -18.6. The van der Waals surface area contributed by atoms with Crippen LogP contribution in [0.5, 0.6) is 0 Å². The average Bonchev–Trinajstić information content (AvgIpc) is 1.15. The fraction of sp³-hybridized carbons (Fsp3) is 0. The molecule has 0 radical (unpaired) electrons. The van der Waals surface area contributed by atoms with Gasteiger partial charge in [0.1, 0.15) is 5.82 Å². The molecule has 0 bridgehead atoms. The average molecular weight is 1850 g/mol. The van der Waals surface area contributed by atoms with E-state index < -0.39 is 16.1 Å². The van der Waals surface area contributed by atoms with E-state index in [1.165, 1.54) is 52.3 Å². The molecule has 668 valence electrons. The zero-order valence-corrected chi connectivity index (χ0v) is 79.2. The first-order valence-corrected chi connectivity index (χ1v) is 51.8. The van der Waals surface area contributed by atoms with Crippen LogP contribution in [0.25, 0.3) is 180 Å². The van der Waals surface area contributed by atoms with Crippen LogP contribution in [0.4, 0.5) is 0 Å². The molecule has 0 amide bonds. The van der Waals surface area contributed by atoms with Crippen LogP contribution in [-0.2, 0) is 0 Å². The summed E-state index contributed by atoms with van der Waals surface area (Å²) in [4.78, 5) is 53.3. The fourth-order valence-corrected chi connectivity index (χ4v) is 30.0. The third kappa shape index (κ3) is 16.2. The minimum absolute atomic E-state index is 0.538. The van der Waals surface area contributed by atoms with Crippen molar-refractivity contribution in [3.05, 3.63) is 534 Å². The highest BCUT2D eigenvalue weighted by atomic mass is 28.3. The van der Waals surface area contributed by atoms with Gasteiger partial charge in [0.05, 0.1) is 39.1 Å². The maximum Gasteiger partial charge on any atom is 0.238 e. The van der Waals surface area contributed by atoms with E-state index in [9.17, 15) is 0 Å². The Balaban J connectivity index is 0.000000154. The first kappa shape index (κ1) is 86.3. The monoisotopic (exact) mass is 1850 g/mol. The van der Waals surface area contributed by atoms with Crippen molar-refractivity contribution >= 4 is 101 Å². The molecule has 142 heavy (non-hydrogen) atoms. The van der Waals surface area contributed by atoms with Crippen LogP contribution >= 0.6 is 0 Å². The first-order valence-electron chi connectivity index (χ1n) is 47.8. The van der Waals surface area contributed by atoms with Gasteiger partial charge in [0, 0.05) is 83.2 Å². The van der Waals surface area contributed by atoms with Crippen molar-refractivity contribution in [2.24, 2.45) is 0 Å². The topological polar surface area (TPSA) is 139 Å². The number of fused-ring (bicyclic) bond motifs is 6. The number of para-hydroxylation sites is 4. The van der Waals surface area contributed by atoms with E-state index in [2.05, 4.69) is 470 Å². The van der Waals surface area contributed by atoms with Crippen molar-refractivity contribution in [3.63, 3.8) is 0 Å². The van der Waals surface area contributed by atoms with Gasteiger partial charge < -0.3 is 0 Å². The molecule has 19 aromatic carbocycles. The minimum Gasteiger partial charge on any atom is -0.294 e. The molecule has 0 atom stereocenters. The summed E-state index contributed by atoms with van der Waals surface area (Å²) in [5.74, 6) is 5.46. The molecule has 0 aliphatic carbocycles. The molecule has 12 nitrogen and oxygen atoms in total. The van der Waals surface area contributed by atoms with Crippen LogP contribution in [0.2, 0.25) is 0 Å². The lowest BCUT2D eigenvalue weighted by atomic mass is 9.94. The van der Waals surface area contributed by atoms with Crippen LogP contribution < -0.4 is 41.5 Å². The van der Waals surface area contributed by atoms with Crippen LogP contribution in [0.1, 0.15) is 0 Å². The maximum atomic E-state index is 5.48. The highest BCUT2D eigenvalue weighted by molar-refractivity contribution is 7.20. The first-order chi connectivity index (χ1) is 70.4. The zero-order chi connectivity index (χ0) is 94.5. The van der Waals surface area contributed by atoms with Gasteiger partial charge in [0.25, 0.3) is 0 Å². The Morgan fingerprint density at radius 2 is 0.380 bits per heavy atom. The maximum absolute atomic E-state index is 5.48. The van der Waals surface area contributed by atoms with Crippen molar-refractivity contribution in [2.45, 2.75) is 0 Å². The van der Waals surface area contributed by atoms with Crippen molar-refractivity contribution in [1.29, 1.82) is 0 Å². The molecule has 0 fully saturated rings. The molecule has 6 heterocycles. The standard InChI is InChI=1S/C67H46N6Si.C61H42N6Si/c1-6-25-47(26-7-1)60-46-63(73-61-43-22-20-39-56(61)57-40-21-23-44-62(57)73)69-66(68-60)58-41-18-16-37-54(58)55-38-17-19-42-59(55)67-71-64(48-27-8-2-9-28-48)70-65(72-67)49-29-24-36-53(45-49)74(50-30-10-3-11-31-50,51-32-12-4-13-33-51)52-34-14-5-15-35-52;1-6-22-43(23-7-1)54-42-55(63-58(62-54)44-24-8-2-9-25-44)45-26-20-27-46(40-45)59-64-60(66-61(65-59)67-56-38-18-16-36-52(56)53-37-17-19-39-57(53)67)47-28-21-35-51(41-47)68(48-29-10-3-11-30-48,49-31-12-4-13-32-49)50-33-14-5-15-34-50/h1-46H;1-42H. The van der Waals surface area contributed by atoms with Crippen LogP contribution in [0, 0.1) is 0 Å². The molecule has 25 rings (SSSR count). The quantitative estimate of drug-likeness (QED) is 0.0505. The van der Waals surface area contributed by atoms with Gasteiger partial charge in [-0.3, -0.25) is 9.13 Å². The predicted octanol–water partition coefficient (Wildman–Crippen LogP) is 24.6. The summed E-state index contributed by atoms with van der Waals surface area (Å²) in [6.45, 7) is 0. The van der Waals surface area contributed by atoms with E-state index in [4.69, 9.17) is 49.8 Å². The summed E-state index contributed by atoms with van der Waals surface area (Å²) in [7, 11) is -5.74. The molecule has 6 aromatic heterocycles. The summed E-state index contributed by atoms with van der Waals surface area (Å²) in [6, 6.07) is 188. The Kier molecular flexibility index (Phi) is 23.2. The minimum atomic E-state index is -2.87. The molecule has 0 saturated carbocycles. The SMILES string of the molecule is c1ccc(-c2cc(-c3cccc(-c4nc(-c5cccc([Si](c6ccccc6)(c6ccccc6)c6ccccc6)c5)nc(-n5c6ccccc6c6ccccc65)n4)c3)nc(-c3ccccc3)n2)cc1.c1ccc(-c2cc(-n3c4ccccc4c4ccccc43)nc(-c3ccccc3-c3ccccc3-c3nc(-c4ccccc4)nc(-c4cccc([Si](c5ccccc5)(c5ccccc5)c5ccccc5)c4)n3)n2)cc1. The predicted molar refractivity (Wildman–Crippen MR) is 587 cm³/mol. The normalized spacial score (nSPS) is 11.5. The summed E-state index contributed by atoms with van der Waals surface area (Å²) >= 11 is 0. The Morgan fingerprint density at radius 1 is 0.141 bits per heavy atom. The molecule has 0 aliphatic rings. The number of hydrogen-bond donors (Lipinski definition) is 0. The molecular formula is C128H88N12Si2. The second-order valence-electron chi connectivity index (χ2n) is 35.2. The Bertz CT molecular complexity index is 8540. The van der Waals surface area contributed by atoms with Gasteiger partial charge >= 0.3 is 0 Å². The second-order valence-corrected chi connectivity index (χ2v) is 42.8. The van der Waals surface area contributed by atoms with Crippen molar-refractivity contribution in [2.75, 3.05) is 0 Å². The van der Waals surface area contributed by atoms with Crippen LogP contribution in [0.15, 0.2) is 534 Å². The highest BCUT2D eigenvalue weighted by Crippen LogP contribution is 2.42. The smallest absolute Gasteiger partial charge is 0.238 e. The van der Waals surface area contributed by atoms with E-state index in [0.29, 0.717) is 46.7 Å². The summed E-state index contributed by atoms with van der Waals surface area (Å²) in [5.41, 5.74) is 17.7. The lowest BCUT2D eigenvalue weighted by Gasteiger charge is -2.34. The number of rotatable bonds is 21. The number of nitrogens with zero attached hydrogens (tertiary/aromatic N) is 12. The molecule has 25 aromatic rings. The molecule has 0 aliphatic heterocycles. The third-order valence-corrected chi connectivity index (χ3v) is 36.4. The van der Waals surface area contributed by atoms with Gasteiger partial charge in [0.2, 0.25) is 5.95 Å². The van der Waals surface area contributed by atoms with Gasteiger partial charge in [-0.2, -0.15) is 9.97 Å². The van der Waals surface area contributed by atoms with Gasteiger partial charge in [0.15, 0.2) is 56.9 Å². The van der Waals surface area contributed by atoms with Gasteiger partial charge in [-0.15, -0.1) is 0 Å². The number of aromatic nitrogens is 12. The molecule has 0 saturated heterocycles. The van der Waals surface area contributed by atoms with E-state index in [1.807, 2.05) is 72.8 Å². The summed E-state index contributed by atoms with van der Waals surface area (Å²) < 4.78 is 4.43. The van der Waals surface area contributed by atoms with E-state index in [-0.39, 0.29) is 0 Å². The van der Waals surface area contributed by atoms with Crippen LogP contribution in [0.3, 0.4) is 0 Å². The number of hydrogen-bond acceptors (Lipinski definition) is 10. The van der Waals surface area contributed by atoms with E-state index in [1.54, 1.807) is 0 Å². The largest absolute Gasteiger partial charge is 0.294 e. The third-order valence-electron chi connectivity index (χ3n) is 26.9. The lowest BCUT2D eigenvalue weighted by molar-refractivity contribution is 0.953. The lowest BCUT2D eigenvalue weighted by Crippen LogP contribution is -2.74. The van der Waals surface area contributed by atoms with E-state index >= 15 is 0 Å². The van der Waals surface area contributed by atoms with Crippen molar-refractivity contribution < 1.29 is 0 Å². The van der Waals surface area contributed by atoms with Crippen molar-refractivity contribution in [3.8, 4) is 136 Å². The highest BCUT2D eigenvalue weighted by Gasteiger charge is 2.44. The Labute approximate surface area is 824 Å². The van der Waals surface area contributed by atoms with Crippen LogP contribution in [-0.4, -0.2) is 75.1 Å². The molecule has 0 N–H and O–H groups in total. The molecular weight excluding hydrogens is 1760 g/mol. The zero-order valence-electron chi connectivity index (χ0n) is 77.2. The van der Waals surface area contributed by atoms with Gasteiger partial charge in [-0.05, 0) is 89.0 Å². The van der Waals surface area contributed by atoms with Crippen molar-refractivity contribution in [1.82, 2.24) is 59.0 Å². The molecule has 0 spiro atoms. The molecule has 14 heteroatoms. The van der Waals surface area contributed by atoms with E-state index in [0.717, 1.165) is 123 Å². The second kappa shape index (κ2) is 38.2. The number of benzene rings is 19. The fourth-order valence-electron chi connectivity index (χ4n) is 20.4. The summed E-state index contributed by atoms with van der Waals surface area (Å²) in [6.07, 6.45) is 0. The molecule has 0 unspecified atom stereocenters.